The summed E-state index contributed by atoms with van der Waals surface area (Å²) >= 11 is 0. The molecule has 0 amide bonds. The number of carbonyl (C=O) groups is 4. The fraction of sp³-hybridized carbons (Fsp3) is 0.793. The highest BCUT2D eigenvalue weighted by molar-refractivity contribution is 5.95. The Morgan fingerprint density at radius 2 is 1.73 bits per heavy atom. The fourth-order valence-electron chi connectivity index (χ4n) is 8.40. The molecule has 8 heteroatoms. The molecule has 206 valence electrons. The summed E-state index contributed by atoms with van der Waals surface area (Å²) in [4.78, 5) is 49.5. The van der Waals surface area contributed by atoms with Gasteiger partial charge in [-0.15, -0.1) is 0 Å². The Morgan fingerprint density at radius 1 is 1.05 bits per heavy atom. The van der Waals surface area contributed by atoms with Gasteiger partial charge in [0.2, 0.25) is 0 Å². The van der Waals surface area contributed by atoms with Crippen LogP contribution >= 0.6 is 0 Å². The molecule has 4 rings (SSSR count). The van der Waals surface area contributed by atoms with Gasteiger partial charge in [-0.3, -0.25) is 19.2 Å². The smallest absolute Gasteiger partial charge is 0.305 e. The number of hydrogen-bond acceptors (Lipinski definition) is 8. The summed E-state index contributed by atoms with van der Waals surface area (Å²) in [7, 11) is 1.36. The van der Waals surface area contributed by atoms with Gasteiger partial charge < -0.3 is 19.3 Å². The van der Waals surface area contributed by atoms with Gasteiger partial charge in [0.05, 0.1) is 7.11 Å². The Hall–Kier alpha value is -2.22. The highest BCUT2D eigenvalue weighted by Crippen LogP contribution is 2.67. The molecule has 0 aromatic heterocycles. The standard InChI is InChI=1S/C29H42O8/c1-16(7-10-26(33)35-6)22-14-24(32)29(34)21-9-8-19-13-20(36-17(2)30)11-12-27(19,4)23(21)15-25(28(22,29)5)37-18(3)31/h16,19-20,22,25,34H,7-15H2,1-6H3/t16-,19-,20-,22-,25+,27+,28+,29-/m1/s1. The molecule has 1 N–H and O–H groups in total. The molecule has 8 nitrogen and oxygen atoms in total. The largest absolute Gasteiger partial charge is 0.469 e. The maximum atomic E-state index is 13.8. The number of esters is 3. The van der Waals surface area contributed by atoms with Gasteiger partial charge in [-0.25, -0.2) is 0 Å². The van der Waals surface area contributed by atoms with Crippen molar-refractivity contribution in [2.45, 2.75) is 110 Å². The molecule has 0 aromatic carbocycles. The number of Topliss-reactive ketones (excluding diaryl/α,β-unsaturated/α-hetero) is 1. The first kappa shape index (κ1) is 27.8. The Morgan fingerprint density at radius 3 is 2.35 bits per heavy atom. The molecule has 4 aliphatic rings. The van der Waals surface area contributed by atoms with Gasteiger partial charge in [-0.05, 0) is 67.3 Å². The van der Waals surface area contributed by atoms with Crippen LogP contribution in [0.1, 0.15) is 92.4 Å². The second kappa shape index (κ2) is 9.83. The molecule has 0 spiro atoms. The first-order valence-corrected chi connectivity index (χ1v) is 13.7. The molecule has 2 fully saturated rings. The lowest BCUT2D eigenvalue weighted by atomic mass is 9.48. The van der Waals surface area contributed by atoms with Gasteiger partial charge in [-0.2, -0.15) is 0 Å². The van der Waals surface area contributed by atoms with Crippen LogP contribution in [0.25, 0.3) is 0 Å². The summed E-state index contributed by atoms with van der Waals surface area (Å²) in [6, 6.07) is 0. The van der Waals surface area contributed by atoms with Crippen LogP contribution in [-0.4, -0.2) is 53.7 Å². The van der Waals surface area contributed by atoms with Crippen LogP contribution in [-0.2, 0) is 33.4 Å². The predicted molar refractivity (Wildman–Crippen MR) is 134 cm³/mol. The first-order valence-electron chi connectivity index (χ1n) is 13.7. The highest BCUT2D eigenvalue weighted by atomic mass is 16.5. The molecule has 0 unspecified atom stereocenters. The van der Waals surface area contributed by atoms with Crippen LogP contribution in [0.4, 0.5) is 0 Å². The quantitative estimate of drug-likeness (QED) is 0.318. The molecule has 8 atom stereocenters. The van der Waals surface area contributed by atoms with Gasteiger partial charge in [0.15, 0.2) is 11.4 Å². The van der Waals surface area contributed by atoms with E-state index in [1.807, 2.05) is 13.8 Å². The minimum atomic E-state index is -1.72. The Labute approximate surface area is 219 Å². The summed E-state index contributed by atoms with van der Waals surface area (Å²) in [5, 5.41) is 12.5. The van der Waals surface area contributed by atoms with E-state index in [4.69, 9.17) is 14.2 Å². The van der Waals surface area contributed by atoms with Crippen LogP contribution in [0, 0.1) is 28.6 Å². The van der Waals surface area contributed by atoms with E-state index in [0.29, 0.717) is 19.3 Å². The molecule has 0 saturated heterocycles. The van der Waals surface area contributed by atoms with E-state index in [1.54, 1.807) is 0 Å². The minimum Gasteiger partial charge on any atom is -0.469 e. The molecule has 4 aliphatic carbocycles. The lowest BCUT2D eigenvalue weighted by Crippen LogP contribution is -2.63. The predicted octanol–water partition coefficient (Wildman–Crippen LogP) is 4.07. The molecule has 2 saturated carbocycles. The lowest BCUT2D eigenvalue weighted by Gasteiger charge is -2.59. The normalized spacial score (nSPS) is 39.7. The van der Waals surface area contributed by atoms with Crippen molar-refractivity contribution in [1.29, 1.82) is 0 Å². The first-order chi connectivity index (χ1) is 17.3. The average molecular weight is 519 g/mol. The van der Waals surface area contributed by atoms with Crippen molar-refractivity contribution in [2.24, 2.45) is 28.6 Å². The third kappa shape index (κ3) is 4.33. The number of rotatable bonds is 6. The van der Waals surface area contributed by atoms with Crippen molar-refractivity contribution in [2.75, 3.05) is 7.11 Å². The lowest BCUT2D eigenvalue weighted by molar-refractivity contribution is -0.181. The molecule has 0 aliphatic heterocycles. The molecule has 0 aromatic rings. The van der Waals surface area contributed by atoms with Crippen molar-refractivity contribution in [3.63, 3.8) is 0 Å². The number of ketones is 1. The third-order valence-electron chi connectivity index (χ3n) is 10.4. The Bertz CT molecular complexity index is 1020. The zero-order valence-electron chi connectivity index (χ0n) is 23.1. The summed E-state index contributed by atoms with van der Waals surface area (Å²) in [5.41, 5.74) is -1.12. The van der Waals surface area contributed by atoms with Gasteiger partial charge in [0, 0.05) is 38.5 Å². The summed E-state index contributed by atoms with van der Waals surface area (Å²) < 4.78 is 16.3. The van der Waals surface area contributed by atoms with E-state index in [0.717, 1.165) is 36.8 Å². The van der Waals surface area contributed by atoms with Crippen molar-refractivity contribution in [3.8, 4) is 0 Å². The van der Waals surface area contributed by atoms with Gasteiger partial charge >= 0.3 is 17.9 Å². The number of ether oxygens (including phenoxy) is 3. The minimum absolute atomic E-state index is 0.0617. The highest BCUT2D eigenvalue weighted by Gasteiger charge is 2.72. The van der Waals surface area contributed by atoms with Gasteiger partial charge in [-0.1, -0.05) is 26.3 Å². The zero-order valence-corrected chi connectivity index (χ0v) is 23.1. The van der Waals surface area contributed by atoms with Crippen molar-refractivity contribution in [1.82, 2.24) is 0 Å². The SMILES string of the molecule is COC(=O)CC[C@@H](C)[C@H]1CC(=O)[C@]2(O)C3=C(C[C@H](OC(C)=O)[C@]12C)[C@@]1(C)CC[C@@H](OC(C)=O)C[C@H]1CC3. The van der Waals surface area contributed by atoms with E-state index in [-0.39, 0.29) is 59.8 Å². The fourth-order valence-corrected chi connectivity index (χ4v) is 8.40. The molecular weight excluding hydrogens is 476 g/mol. The molecular formula is C29H42O8. The van der Waals surface area contributed by atoms with Crippen LogP contribution in [0.2, 0.25) is 0 Å². The van der Waals surface area contributed by atoms with E-state index in [9.17, 15) is 24.3 Å². The monoisotopic (exact) mass is 518 g/mol. The average Bonchev–Trinajstić information content (AvgIpc) is 3.04. The van der Waals surface area contributed by atoms with Gasteiger partial charge in [0.25, 0.3) is 0 Å². The van der Waals surface area contributed by atoms with Crippen molar-refractivity contribution < 1.29 is 38.5 Å². The number of fused-ring (bicyclic) bond motifs is 4. The van der Waals surface area contributed by atoms with E-state index < -0.39 is 23.1 Å². The Balaban J connectivity index is 1.75. The second-order valence-electron chi connectivity index (χ2n) is 12.2. The van der Waals surface area contributed by atoms with Crippen LogP contribution in [0.15, 0.2) is 11.1 Å². The molecule has 0 radical (unpaired) electrons. The summed E-state index contributed by atoms with van der Waals surface area (Å²) in [5.74, 6) is -1.30. The van der Waals surface area contributed by atoms with Crippen molar-refractivity contribution in [3.05, 3.63) is 11.1 Å². The van der Waals surface area contributed by atoms with Crippen LogP contribution < -0.4 is 0 Å². The van der Waals surface area contributed by atoms with Gasteiger partial charge in [0.1, 0.15) is 12.2 Å². The van der Waals surface area contributed by atoms with E-state index in [1.165, 1.54) is 21.0 Å². The number of aliphatic hydroxyl groups is 1. The maximum Gasteiger partial charge on any atom is 0.305 e. The summed E-state index contributed by atoms with van der Waals surface area (Å²) in [6.45, 7) is 8.91. The van der Waals surface area contributed by atoms with E-state index in [2.05, 4.69) is 6.92 Å². The second-order valence-corrected chi connectivity index (χ2v) is 12.2. The molecule has 37 heavy (non-hydrogen) atoms. The third-order valence-corrected chi connectivity index (χ3v) is 10.4. The number of methoxy groups -OCH3 is 1. The van der Waals surface area contributed by atoms with E-state index >= 15 is 0 Å². The Kier molecular flexibility index (Phi) is 7.38. The number of carbonyl (C=O) groups excluding carboxylic acids is 4. The maximum absolute atomic E-state index is 13.8. The van der Waals surface area contributed by atoms with Crippen molar-refractivity contribution >= 4 is 23.7 Å². The summed E-state index contributed by atoms with van der Waals surface area (Å²) in [6.07, 6.45) is 4.28. The molecule has 0 bridgehead atoms. The van der Waals surface area contributed by atoms with Crippen LogP contribution in [0.3, 0.4) is 0 Å². The zero-order chi connectivity index (χ0) is 27.3. The molecule has 0 heterocycles. The van der Waals surface area contributed by atoms with Crippen LogP contribution in [0.5, 0.6) is 0 Å². The topological polar surface area (TPSA) is 116 Å². The number of hydrogen-bond donors (Lipinski definition) is 1.